The highest BCUT2D eigenvalue weighted by atomic mass is 16.6. The minimum Gasteiger partial charge on any atom is -0.472 e. The van der Waals surface area contributed by atoms with Gasteiger partial charge in [-0.2, -0.15) is 0 Å². The van der Waals surface area contributed by atoms with E-state index in [2.05, 4.69) is 0 Å². The fourth-order valence-electron chi connectivity index (χ4n) is 6.84. The topological polar surface area (TPSA) is 119 Å². The number of rotatable bonds is 7. The molecule has 4 rings (SSSR count). The molecule has 32 heavy (non-hydrogen) atoms. The Morgan fingerprint density at radius 1 is 1.31 bits per heavy atom. The van der Waals surface area contributed by atoms with Crippen LogP contribution in [0.5, 0.6) is 0 Å². The highest BCUT2D eigenvalue weighted by Crippen LogP contribution is 2.69. The molecule has 178 valence electrons. The predicted octanol–water partition coefficient (Wildman–Crippen LogP) is 2.77. The number of carbonyl (C=O) groups excluding carboxylic acids is 2. The number of carbonyl (C=O) groups is 2. The lowest BCUT2D eigenvalue weighted by atomic mass is 9.42. The summed E-state index contributed by atoms with van der Waals surface area (Å²) in [6, 6.07) is 1.73. The lowest BCUT2D eigenvalue weighted by molar-refractivity contribution is -0.242. The average Bonchev–Trinajstić information content (AvgIpc) is 3.29. The van der Waals surface area contributed by atoms with Gasteiger partial charge in [0.2, 0.25) is 0 Å². The van der Waals surface area contributed by atoms with Crippen molar-refractivity contribution in [1.82, 2.24) is 0 Å². The van der Waals surface area contributed by atoms with Crippen LogP contribution in [0.4, 0.5) is 0 Å². The first-order chi connectivity index (χ1) is 15.2. The van der Waals surface area contributed by atoms with Crippen LogP contribution in [-0.4, -0.2) is 53.7 Å². The Hall–Kier alpha value is -1.90. The van der Waals surface area contributed by atoms with Gasteiger partial charge in [0.05, 0.1) is 30.7 Å². The van der Waals surface area contributed by atoms with Crippen LogP contribution in [0.25, 0.3) is 0 Å². The fraction of sp³-hybridized carbons (Fsp3) is 0.750. The summed E-state index contributed by atoms with van der Waals surface area (Å²) in [6.07, 6.45) is 4.94. The zero-order valence-electron chi connectivity index (χ0n) is 19.0. The van der Waals surface area contributed by atoms with Gasteiger partial charge >= 0.3 is 11.9 Å². The number of epoxide rings is 1. The van der Waals surface area contributed by atoms with Gasteiger partial charge in [-0.1, -0.05) is 13.3 Å². The van der Waals surface area contributed by atoms with Crippen molar-refractivity contribution in [1.29, 1.82) is 0 Å². The molecule has 2 N–H and O–H groups in total. The molecule has 1 aliphatic heterocycles. The van der Waals surface area contributed by atoms with Gasteiger partial charge in [-0.15, -0.1) is 0 Å². The smallest absolute Gasteiger partial charge is 0.302 e. The minimum absolute atomic E-state index is 0.0530. The Labute approximate surface area is 188 Å². The van der Waals surface area contributed by atoms with Gasteiger partial charge in [0, 0.05) is 31.4 Å². The molecule has 0 bridgehead atoms. The Morgan fingerprint density at radius 2 is 2.06 bits per heavy atom. The Bertz CT molecular complexity index is 831. The summed E-state index contributed by atoms with van der Waals surface area (Å²) in [5, 5.41) is 21.9. The van der Waals surface area contributed by atoms with Gasteiger partial charge in [0.1, 0.15) is 18.3 Å². The number of hydrogen-bond acceptors (Lipinski definition) is 8. The molecular weight excluding hydrogens is 416 g/mol. The van der Waals surface area contributed by atoms with Gasteiger partial charge in [0.25, 0.3) is 0 Å². The lowest BCUT2D eigenvalue weighted by Crippen LogP contribution is -2.68. The zero-order chi connectivity index (χ0) is 23.1. The average molecular weight is 451 g/mol. The van der Waals surface area contributed by atoms with Gasteiger partial charge in [-0.25, -0.2) is 0 Å². The van der Waals surface area contributed by atoms with E-state index < -0.39 is 34.6 Å². The molecule has 8 nitrogen and oxygen atoms in total. The highest BCUT2D eigenvalue weighted by molar-refractivity contribution is 5.67. The minimum atomic E-state index is -0.821. The van der Waals surface area contributed by atoms with E-state index in [9.17, 15) is 19.8 Å². The zero-order valence-corrected chi connectivity index (χ0v) is 19.0. The maximum Gasteiger partial charge on any atom is 0.302 e. The summed E-state index contributed by atoms with van der Waals surface area (Å²) in [6.45, 7) is 5.21. The maximum absolute atomic E-state index is 12.1. The first-order valence-corrected chi connectivity index (χ1v) is 11.5. The van der Waals surface area contributed by atoms with Crippen molar-refractivity contribution in [2.75, 3.05) is 19.8 Å². The Kier molecular flexibility index (Phi) is 6.15. The van der Waals surface area contributed by atoms with Crippen LogP contribution in [0.3, 0.4) is 0 Å². The molecule has 1 spiro atoms. The van der Waals surface area contributed by atoms with Crippen LogP contribution in [0, 0.1) is 22.7 Å². The molecule has 0 amide bonds. The number of esters is 2. The molecule has 1 saturated heterocycles. The van der Waals surface area contributed by atoms with E-state index in [1.807, 2.05) is 6.92 Å². The van der Waals surface area contributed by atoms with Crippen molar-refractivity contribution in [2.45, 2.75) is 70.7 Å². The summed E-state index contributed by atoms with van der Waals surface area (Å²) < 4.78 is 22.7. The van der Waals surface area contributed by atoms with E-state index in [0.717, 1.165) is 19.3 Å². The molecule has 2 aliphatic carbocycles. The second-order valence-electron chi connectivity index (χ2n) is 9.95. The van der Waals surface area contributed by atoms with E-state index in [1.165, 1.54) is 26.4 Å². The van der Waals surface area contributed by atoms with Crippen LogP contribution in [0.2, 0.25) is 0 Å². The molecule has 8 heteroatoms. The number of ether oxygens (including phenoxy) is 3. The SMILES string of the molecule is CC(=O)OC[C@@]12[C@@H](OC(C)=O)C[C@@H](C)[C@](CO)(C[C@H](O)c3ccoc3)[C@H]1CCC[C@]21CO1. The van der Waals surface area contributed by atoms with Crippen LogP contribution in [-0.2, 0) is 23.8 Å². The van der Waals surface area contributed by atoms with E-state index in [1.54, 1.807) is 6.07 Å². The molecule has 3 fully saturated rings. The second kappa shape index (κ2) is 8.47. The van der Waals surface area contributed by atoms with Gasteiger partial charge in [-0.05, 0) is 43.6 Å². The molecule has 0 radical (unpaired) electrons. The van der Waals surface area contributed by atoms with E-state index in [4.69, 9.17) is 18.6 Å². The first kappa shape index (κ1) is 23.3. The third kappa shape index (κ3) is 3.56. The van der Waals surface area contributed by atoms with Crippen molar-refractivity contribution in [3.63, 3.8) is 0 Å². The third-order valence-electron chi connectivity index (χ3n) is 8.47. The predicted molar refractivity (Wildman–Crippen MR) is 112 cm³/mol. The van der Waals surface area contributed by atoms with E-state index in [-0.39, 0.29) is 31.0 Å². The van der Waals surface area contributed by atoms with Crippen LogP contribution in [0.1, 0.15) is 64.5 Å². The van der Waals surface area contributed by atoms with Gasteiger partial charge in [-0.3, -0.25) is 9.59 Å². The molecule has 7 atom stereocenters. The Balaban J connectivity index is 1.80. The molecule has 1 aromatic rings. The lowest BCUT2D eigenvalue weighted by Gasteiger charge is -2.63. The number of furan rings is 1. The molecule has 3 aliphatic rings. The number of aliphatic hydroxyl groups is 2. The molecule has 1 aromatic heterocycles. The number of aliphatic hydroxyl groups excluding tert-OH is 2. The van der Waals surface area contributed by atoms with Crippen molar-refractivity contribution in [3.8, 4) is 0 Å². The number of hydrogen-bond donors (Lipinski definition) is 2. The third-order valence-corrected chi connectivity index (χ3v) is 8.47. The maximum atomic E-state index is 12.1. The van der Waals surface area contributed by atoms with Crippen LogP contribution >= 0.6 is 0 Å². The summed E-state index contributed by atoms with van der Waals surface area (Å²) in [4.78, 5) is 24.0. The van der Waals surface area contributed by atoms with Crippen molar-refractivity contribution >= 4 is 11.9 Å². The first-order valence-electron chi connectivity index (χ1n) is 11.5. The monoisotopic (exact) mass is 450 g/mol. The summed E-state index contributed by atoms with van der Waals surface area (Å²) in [5.41, 5.74) is -1.36. The van der Waals surface area contributed by atoms with E-state index in [0.29, 0.717) is 25.0 Å². The highest BCUT2D eigenvalue weighted by Gasteiger charge is 2.75. The van der Waals surface area contributed by atoms with E-state index >= 15 is 0 Å². The van der Waals surface area contributed by atoms with Gasteiger partial charge in [0.15, 0.2) is 0 Å². The molecular formula is C24H34O8. The Morgan fingerprint density at radius 3 is 2.62 bits per heavy atom. The molecule has 0 aromatic carbocycles. The van der Waals surface area contributed by atoms with Crippen LogP contribution < -0.4 is 0 Å². The fourth-order valence-corrected chi connectivity index (χ4v) is 6.84. The molecule has 2 saturated carbocycles. The van der Waals surface area contributed by atoms with Crippen molar-refractivity contribution in [3.05, 3.63) is 24.2 Å². The normalized spacial score (nSPS) is 39.2. The molecule has 2 heterocycles. The van der Waals surface area contributed by atoms with Gasteiger partial charge < -0.3 is 28.8 Å². The quantitative estimate of drug-likeness (QED) is 0.481. The van der Waals surface area contributed by atoms with Crippen molar-refractivity contribution < 1.29 is 38.4 Å². The number of fused-ring (bicyclic) bond motifs is 2. The second-order valence-corrected chi connectivity index (χ2v) is 9.95. The summed E-state index contributed by atoms with van der Waals surface area (Å²) in [5.74, 6) is -1.03. The molecule has 0 unspecified atom stereocenters. The summed E-state index contributed by atoms with van der Waals surface area (Å²) >= 11 is 0. The van der Waals surface area contributed by atoms with Crippen molar-refractivity contribution in [2.24, 2.45) is 22.7 Å². The van der Waals surface area contributed by atoms with Crippen LogP contribution in [0.15, 0.2) is 23.0 Å². The summed E-state index contributed by atoms with van der Waals surface area (Å²) in [7, 11) is 0. The standard InChI is InChI=1S/C24H34O8/c1-15-9-21(32-17(3)27)24(14-30-16(2)26)20(5-4-7-23(24)13-31-23)22(15,12-25)10-19(28)18-6-8-29-11-18/h6,8,11,15,19-21,25,28H,4-5,7,9-10,12-14H2,1-3H3/t15-,19+,20-,21+,22-,23+,24+/m1/s1. The largest absolute Gasteiger partial charge is 0.472 e.